The first-order valence-corrected chi connectivity index (χ1v) is 12.5. The Kier molecular flexibility index (Phi) is 6.01. The highest BCUT2D eigenvalue weighted by Gasteiger charge is 2.27. The average Bonchev–Trinajstić information content (AvgIpc) is 3.33. The quantitative estimate of drug-likeness (QED) is 0.383. The molecule has 2 aliphatic rings. The molecule has 3 heterocycles. The lowest BCUT2D eigenvalue weighted by atomic mass is 9.82. The molecule has 0 amide bonds. The standard InChI is InChI=1S/C28H29FN6O/c1-34-23(13-20-6-3-2-4-7-20)17-36-26-15-30-28(33-27(26)34)32-21-10-11-25(24(29)14-21)35-16-22(31-18-35)12-19-8-5-9-19/h2-4,6-7,10-11,14-16,18-19,23H,5,8-9,12-13,17H2,1H3,(H,30,32,33). The van der Waals surface area contributed by atoms with Crippen LogP contribution in [0.4, 0.5) is 21.8 Å². The first-order valence-electron chi connectivity index (χ1n) is 12.5. The number of anilines is 3. The number of hydrogen-bond acceptors (Lipinski definition) is 6. The van der Waals surface area contributed by atoms with Crippen molar-refractivity contribution in [2.45, 2.75) is 38.1 Å². The molecule has 0 radical (unpaired) electrons. The Balaban J connectivity index is 1.16. The average molecular weight is 485 g/mol. The van der Waals surface area contributed by atoms with Crippen LogP contribution in [0.15, 0.2) is 67.3 Å². The fourth-order valence-corrected chi connectivity index (χ4v) is 4.85. The van der Waals surface area contributed by atoms with E-state index < -0.39 is 0 Å². The second-order valence-corrected chi connectivity index (χ2v) is 9.71. The molecule has 1 saturated carbocycles. The second-order valence-electron chi connectivity index (χ2n) is 9.71. The van der Waals surface area contributed by atoms with E-state index in [0.717, 1.165) is 24.5 Å². The number of halogens is 1. The zero-order chi connectivity index (χ0) is 24.5. The highest BCUT2D eigenvalue weighted by Crippen LogP contribution is 2.33. The minimum Gasteiger partial charge on any atom is -0.486 e. The van der Waals surface area contributed by atoms with Crippen LogP contribution in [0.25, 0.3) is 5.69 Å². The summed E-state index contributed by atoms with van der Waals surface area (Å²) in [6, 6.07) is 15.5. The van der Waals surface area contributed by atoms with Gasteiger partial charge in [0.2, 0.25) is 5.95 Å². The maximum atomic E-state index is 15.0. The van der Waals surface area contributed by atoms with Gasteiger partial charge >= 0.3 is 0 Å². The molecule has 4 aromatic rings. The largest absolute Gasteiger partial charge is 0.486 e. The molecule has 8 heteroatoms. The SMILES string of the molecule is CN1c2nc(Nc3ccc(-n4cnc(CC5CCC5)c4)c(F)c3)ncc2OCC1Cc1ccccc1. The lowest BCUT2D eigenvalue weighted by Crippen LogP contribution is -2.42. The van der Waals surface area contributed by atoms with Crippen LogP contribution >= 0.6 is 0 Å². The second kappa shape index (κ2) is 9.60. The van der Waals surface area contributed by atoms with Crippen molar-refractivity contribution >= 4 is 17.5 Å². The number of hydrogen-bond donors (Lipinski definition) is 1. The van der Waals surface area contributed by atoms with E-state index in [0.29, 0.717) is 35.5 Å². The maximum absolute atomic E-state index is 15.0. The van der Waals surface area contributed by atoms with Crippen molar-refractivity contribution in [3.8, 4) is 11.4 Å². The van der Waals surface area contributed by atoms with Gasteiger partial charge in [-0.3, -0.25) is 0 Å². The summed E-state index contributed by atoms with van der Waals surface area (Å²) in [7, 11) is 2.02. The normalized spacial score (nSPS) is 17.3. The van der Waals surface area contributed by atoms with Gasteiger partial charge in [0.15, 0.2) is 11.6 Å². The number of nitrogens with zero attached hydrogens (tertiary/aromatic N) is 5. The fourth-order valence-electron chi connectivity index (χ4n) is 4.85. The highest BCUT2D eigenvalue weighted by atomic mass is 19.1. The van der Waals surface area contributed by atoms with Gasteiger partial charge in [0.25, 0.3) is 0 Å². The van der Waals surface area contributed by atoms with Crippen molar-refractivity contribution < 1.29 is 9.13 Å². The number of benzene rings is 2. The van der Waals surface area contributed by atoms with Crippen LogP contribution in [0.5, 0.6) is 5.75 Å². The molecule has 2 aromatic heterocycles. The third kappa shape index (κ3) is 4.63. The molecule has 1 fully saturated rings. The summed E-state index contributed by atoms with van der Waals surface area (Å²) in [5, 5.41) is 3.14. The van der Waals surface area contributed by atoms with E-state index in [2.05, 4.69) is 37.3 Å². The zero-order valence-corrected chi connectivity index (χ0v) is 20.3. The third-order valence-corrected chi connectivity index (χ3v) is 7.20. The number of aromatic nitrogens is 4. The number of imidazole rings is 1. The number of ether oxygens (including phenoxy) is 1. The van der Waals surface area contributed by atoms with E-state index in [1.54, 1.807) is 23.2 Å². The Bertz CT molecular complexity index is 1350. The van der Waals surface area contributed by atoms with Crippen molar-refractivity contribution in [2.75, 3.05) is 23.9 Å². The van der Waals surface area contributed by atoms with Crippen LogP contribution in [-0.4, -0.2) is 39.2 Å². The highest BCUT2D eigenvalue weighted by molar-refractivity contribution is 5.61. The van der Waals surface area contributed by atoms with Gasteiger partial charge in [-0.1, -0.05) is 49.6 Å². The predicted molar refractivity (Wildman–Crippen MR) is 138 cm³/mol. The Morgan fingerprint density at radius 3 is 2.72 bits per heavy atom. The van der Waals surface area contributed by atoms with E-state index >= 15 is 4.39 Å². The zero-order valence-electron chi connectivity index (χ0n) is 20.3. The molecule has 1 unspecified atom stereocenters. The molecule has 184 valence electrons. The number of likely N-dealkylation sites (N-methyl/N-ethyl adjacent to an activating group) is 1. The Labute approximate surface area is 210 Å². The van der Waals surface area contributed by atoms with Crippen LogP contribution in [-0.2, 0) is 12.8 Å². The molecular formula is C28H29FN6O. The van der Waals surface area contributed by atoms with Gasteiger partial charge in [0, 0.05) is 18.9 Å². The molecule has 7 nitrogen and oxygen atoms in total. The summed E-state index contributed by atoms with van der Waals surface area (Å²) in [6.45, 7) is 0.567. The summed E-state index contributed by atoms with van der Waals surface area (Å²) in [6.07, 6.45) is 10.9. The Hall–Kier alpha value is -3.94. The lowest BCUT2D eigenvalue weighted by Gasteiger charge is -2.34. The fraction of sp³-hybridized carbons (Fsp3) is 0.321. The van der Waals surface area contributed by atoms with Crippen LogP contribution < -0.4 is 15.0 Å². The van der Waals surface area contributed by atoms with Gasteiger partial charge < -0.3 is 19.5 Å². The van der Waals surface area contributed by atoms with Crippen molar-refractivity contribution in [1.29, 1.82) is 0 Å². The van der Waals surface area contributed by atoms with E-state index in [4.69, 9.17) is 4.74 Å². The van der Waals surface area contributed by atoms with Crippen molar-refractivity contribution in [3.63, 3.8) is 0 Å². The van der Waals surface area contributed by atoms with Gasteiger partial charge in [-0.05, 0) is 42.5 Å². The van der Waals surface area contributed by atoms with Crippen LogP contribution in [0.2, 0.25) is 0 Å². The molecule has 6 rings (SSSR count). The Morgan fingerprint density at radius 2 is 1.94 bits per heavy atom. The minimum absolute atomic E-state index is 0.156. The van der Waals surface area contributed by atoms with Crippen LogP contribution in [0.1, 0.15) is 30.5 Å². The molecule has 1 aliphatic carbocycles. The molecule has 1 aliphatic heterocycles. The van der Waals surface area contributed by atoms with E-state index in [1.165, 1.54) is 30.9 Å². The van der Waals surface area contributed by atoms with Gasteiger partial charge in [0.05, 0.1) is 29.9 Å². The molecule has 0 spiro atoms. The topological polar surface area (TPSA) is 68.1 Å². The molecule has 0 saturated heterocycles. The first-order chi connectivity index (χ1) is 17.6. The summed E-state index contributed by atoms with van der Waals surface area (Å²) in [5.74, 6) is 2.14. The van der Waals surface area contributed by atoms with Gasteiger partial charge in [0.1, 0.15) is 12.4 Å². The van der Waals surface area contributed by atoms with Gasteiger partial charge in [-0.25, -0.2) is 14.4 Å². The smallest absolute Gasteiger partial charge is 0.229 e. The summed E-state index contributed by atoms with van der Waals surface area (Å²) >= 11 is 0. The molecular weight excluding hydrogens is 455 g/mol. The summed E-state index contributed by atoms with van der Waals surface area (Å²) < 4.78 is 22.7. The molecule has 1 atom stereocenters. The summed E-state index contributed by atoms with van der Waals surface area (Å²) in [5.41, 5.74) is 3.31. The van der Waals surface area contributed by atoms with E-state index in [9.17, 15) is 0 Å². The third-order valence-electron chi connectivity index (χ3n) is 7.20. The van der Waals surface area contributed by atoms with Crippen molar-refractivity contribution in [1.82, 2.24) is 19.5 Å². The van der Waals surface area contributed by atoms with E-state index in [1.807, 2.05) is 37.5 Å². The van der Waals surface area contributed by atoms with Crippen molar-refractivity contribution in [3.05, 3.63) is 84.3 Å². The van der Waals surface area contributed by atoms with Crippen LogP contribution in [0, 0.1) is 11.7 Å². The Morgan fingerprint density at radius 1 is 1.08 bits per heavy atom. The first kappa shape index (κ1) is 22.5. The van der Waals surface area contributed by atoms with E-state index in [-0.39, 0.29) is 11.9 Å². The molecule has 36 heavy (non-hydrogen) atoms. The monoisotopic (exact) mass is 484 g/mol. The molecule has 0 bridgehead atoms. The lowest BCUT2D eigenvalue weighted by molar-refractivity contribution is 0.262. The minimum atomic E-state index is -0.339. The van der Waals surface area contributed by atoms with Gasteiger partial charge in [-0.2, -0.15) is 4.98 Å². The molecule has 1 N–H and O–H groups in total. The molecule has 2 aromatic carbocycles. The predicted octanol–water partition coefficient (Wildman–Crippen LogP) is 5.33. The van der Waals surface area contributed by atoms with Crippen molar-refractivity contribution in [2.24, 2.45) is 5.92 Å². The summed E-state index contributed by atoms with van der Waals surface area (Å²) in [4.78, 5) is 15.6. The van der Waals surface area contributed by atoms with Crippen LogP contribution in [0.3, 0.4) is 0 Å². The number of rotatable bonds is 7. The van der Waals surface area contributed by atoms with Gasteiger partial charge in [-0.15, -0.1) is 0 Å². The number of fused-ring (bicyclic) bond motifs is 1. The number of nitrogens with one attached hydrogen (secondary N) is 1. The maximum Gasteiger partial charge on any atom is 0.229 e.